The molecule has 1 nitrogen and oxygen atoms in total. The van der Waals surface area contributed by atoms with Gasteiger partial charge in [-0.2, -0.15) is 0 Å². The Kier molecular flexibility index (Phi) is 6.64. The molecule has 1 aromatic rings. The lowest BCUT2D eigenvalue weighted by Crippen LogP contribution is -2.30. The molecule has 0 spiro atoms. The van der Waals surface area contributed by atoms with Crippen molar-refractivity contribution < 1.29 is 17.9 Å². The molecular formula is C29H37F3O. The van der Waals surface area contributed by atoms with Crippen molar-refractivity contribution in [3.05, 3.63) is 58.1 Å². The molecule has 1 aromatic carbocycles. The predicted octanol–water partition coefficient (Wildman–Crippen LogP) is 8.50. The van der Waals surface area contributed by atoms with E-state index in [2.05, 4.69) is 13.8 Å². The fraction of sp³-hybridized carbons (Fsp3) is 0.655. The van der Waals surface area contributed by atoms with Gasteiger partial charge in [0.1, 0.15) is 0 Å². The van der Waals surface area contributed by atoms with Crippen molar-refractivity contribution in [1.29, 1.82) is 0 Å². The van der Waals surface area contributed by atoms with Gasteiger partial charge in [0.05, 0.1) is 12.5 Å². The molecule has 0 aliphatic heterocycles. The summed E-state index contributed by atoms with van der Waals surface area (Å²) >= 11 is 0. The largest absolute Gasteiger partial charge is 0.491 e. The number of rotatable bonds is 6. The third-order valence-corrected chi connectivity index (χ3v) is 8.91. The first-order valence-corrected chi connectivity index (χ1v) is 13.1. The number of benzene rings is 1. The molecule has 0 N–H and O–H groups in total. The van der Waals surface area contributed by atoms with Gasteiger partial charge in [-0.3, -0.25) is 0 Å². The minimum Gasteiger partial charge on any atom is -0.491 e. The number of hydrogen-bond donors (Lipinski definition) is 0. The minimum atomic E-state index is -0.855. The zero-order valence-corrected chi connectivity index (χ0v) is 20.0. The van der Waals surface area contributed by atoms with Crippen LogP contribution in [0, 0.1) is 35.3 Å². The summed E-state index contributed by atoms with van der Waals surface area (Å²) in [6.07, 6.45) is 14.5. The molecule has 4 heteroatoms. The predicted molar refractivity (Wildman–Crippen MR) is 126 cm³/mol. The van der Waals surface area contributed by atoms with E-state index in [1.54, 1.807) is 12.1 Å². The zero-order valence-electron chi connectivity index (χ0n) is 20.0. The Balaban J connectivity index is 1.27. The van der Waals surface area contributed by atoms with Crippen molar-refractivity contribution in [3.8, 4) is 0 Å². The van der Waals surface area contributed by atoms with Gasteiger partial charge in [-0.05, 0) is 66.6 Å². The number of aryl methyl sites for hydroxylation is 1. The molecule has 2 unspecified atom stereocenters. The molecule has 4 aliphatic rings. The van der Waals surface area contributed by atoms with Gasteiger partial charge in [-0.15, -0.1) is 0 Å². The van der Waals surface area contributed by atoms with Crippen LogP contribution in [0.15, 0.2) is 29.8 Å². The minimum absolute atomic E-state index is 0.196. The normalized spacial score (nSPS) is 33.4. The maximum absolute atomic E-state index is 15.3. The van der Waals surface area contributed by atoms with E-state index in [9.17, 15) is 4.39 Å². The highest BCUT2D eigenvalue weighted by Crippen LogP contribution is 2.56. The molecule has 0 heterocycles. The van der Waals surface area contributed by atoms with E-state index in [-0.39, 0.29) is 17.2 Å². The standard InChI is InChI=1S/C29H37F3O/c1-17-3-7-19(8-4-17)11-12-21-15-23-22-13-14-24(33-16-20-9-5-18(2)6-10-20)28(31)25(22)26(23)29(32)27(21)30/h13-15,17-20,22,25H,3-12,16H2,1-2H3. The van der Waals surface area contributed by atoms with Crippen molar-refractivity contribution in [2.75, 3.05) is 6.61 Å². The van der Waals surface area contributed by atoms with Gasteiger partial charge in [0, 0.05) is 11.5 Å². The van der Waals surface area contributed by atoms with Gasteiger partial charge in [0.25, 0.3) is 0 Å². The Bertz CT molecular complexity index is 933. The fourth-order valence-electron chi connectivity index (χ4n) is 6.47. The van der Waals surface area contributed by atoms with Crippen LogP contribution in [0.25, 0.3) is 0 Å². The van der Waals surface area contributed by atoms with Gasteiger partial charge >= 0.3 is 0 Å². The van der Waals surface area contributed by atoms with Crippen molar-refractivity contribution in [3.63, 3.8) is 0 Å². The smallest absolute Gasteiger partial charge is 0.163 e. The molecule has 4 aliphatic carbocycles. The number of hydrogen-bond acceptors (Lipinski definition) is 1. The fourth-order valence-corrected chi connectivity index (χ4v) is 6.47. The highest BCUT2D eigenvalue weighted by atomic mass is 19.2. The summed E-state index contributed by atoms with van der Waals surface area (Å²) in [5.41, 5.74) is 1.40. The van der Waals surface area contributed by atoms with Crippen LogP contribution < -0.4 is 0 Å². The van der Waals surface area contributed by atoms with E-state index in [0.717, 1.165) is 36.7 Å². The van der Waals surface area contributed by atoms with Crippen molar-refractivity contribution >= 4 is 0 Å². The van der Waals surface area contributed by atoms with Crippen LogP contribution in [0.3, 0.4) is 0 Å². The van der Waals surface area contributed by atoms with E-state index < -0.39 is 23.4 Å². The van der Waals surface area contributed by atoms with Gasteiger partial charge < -0.3 is 4.74 Å². The molecule has 2 fully saturated rings. The lowest BCUT2D eigenvalue weighted by atomic mass is 9.64. The van der Waals surface area contributed by atoms with E-state index in [1.165, 1.54) is 38.5 Å². The molecule has 0 amide bonds. The Morgan fingerprint density at radius 2 is 1.48 bits per heavy atom. The van der Waals surface area contributed by atoms with Gasteiger partial charge in [-0.1, -0.05) is 64.5 Å². The van der Waals surface area contributed by atoms with Crippen molar-refractivity contribution in [1.82, 2.24) is 0 Å². The van der Waals surface area contributed by atoms with Crippen LogP contribution in [-0.2, 0) is 11.2 Å². The first-order chi connectivity index (χ1) is 15.9. The SMILES string of the molecule is CC1CCC(CCc2cc3c(c(F)c2F)C2C(F)=C(OCC4CCC(C)CC4)C=CC32)CC1. The maximum atomic E-state index is 15.3. The van der Waals surface area contributed by atoms with Gasteiger partial charge in [0.15, 0.2) is 23.2 Å². The Morgan fingerprint density at radius 3 is 2.15 bits per heavy atom. The molecule has 2 saturated carbocycles. The second-order valence-electron chi connectivity index (χ2n) is 11.3. The topological polar surface area (TPSA) is 9.23 Å². The highest BCUT2D eigenvalue weighted by Gasteiger charge is 2.46. The summed E-state index contributed by atoms with van der Waals surface area (Å²) in [6.45, 7) is 5.06. The molecular weight excluding hydrogens is 421 g/mol. The summed E-state index contributed by atoms with van der Waals surface area (Å²) in [5.74, 6) is -0.239. The summed E-state index contributed by atoms with van der Waals surface area (Å²) in [5, 5.41) is 0. The Labute approximate surface area is 196 Å². The number of fused-ring (bicyclic) bond motifs is 4. The molecule has 180 valence electrons. The summed E-state index contributed by atoms with van der Waals surface area (Å²) in [4.78, 5) is 0. The summed E-state index contributed by atoms with van der Waals surface area (Å²) in [7, 11) is 0. The van der Waals surface area contributed by atoms with Crippen LogP contribution in [-0.4, -0.2) is 6.61 Å². The Morgan fingerprint density at radius 1 is 0.848 bits per heavy atom. The lowest BCUT2D eigenvalue weighted by Gasteiger charge is -2.40. The number of ether oxygens (including phenoxy) is 1. The average molecular weight is 459 g/mol. The third kappa shape index (κ3) is 4.51. The van der Waals surface area contributed by atoms with E-state index >= 15 is 8.78 Å². The summed E-state index contributed by atoms with van der Waals surface area (Å²) in [6, 6.07) is 1.80. The molecule has 5 rings (SSSR count). The monoisotopic (exact) mass is 458 g/mol. The molecule has 0 bridgehead atoms. The van der Waals surface area contributed by atoms with Crippen LogP contribution in [0.2, 0.25) is 0 Å². The second-order valence-corrected chi connectivity index (χ2v) is 11.3. The third-order valence-electron chi connectivity index (χ3n) is 8.91. The van der Waals surface area contributed by atoms with Gasteiger partial charge in [0.2, 0.25) is 0 Å². The quantitative estimate of drug-likeness (QED) is 0.415. The van der Waals surface area contributed by atoms with Crippen LogP contribution in [0.1, 0.15) is 100 Å². The van der Waals surface area contributed by atoms with Crippen molar-refractivity contribution in [2.24, 2.45) is 23.7 Å². The number of allylic oxidation sites excluding steroid dienone is 3. The average Bonchev–Trinajstić information content (AvgIpc) is 2.80. The maximum Gasteiger partial charge on any atom is 0.163 e. The van der Waals surface area contributed by atoms with E-state index in [4.69, 9.17) is 4.74 Å². The van der Waals surface area contributed by atoms with Crippen LogP contribution in [0.4, 0.5) is 13.2 Å². The summed E-state index contributed by atoms with van der Waals surface area (Å²) < 4.78 is 51.1. The van der Waals surface area contributed by atoms with Crippen molar-refractivity contribution in [2.45, 2.75) is 89.9 Å². The highest BCUT2D eigenvalue weighted by molar-refractivity contribution is 5.57. The van der Waals surface area contributed by atoms with Gasteiger partial charge in [-0.25, -0.2) is 13.2 Å². The first kappa shape index (κ1) is 23.1. The molecule has 0 saturated heterocycles. The Hall–Kier alpha value is -1.71. The van der Waals surface area contributed by atoms with Crippen LogP contribution in [0.5, 0.6) is 0 Å². The lowest BCUT2D eigenvalue weighted by molar-refractivity contribution is 0.129. The zero-order chi connectivity index (χ0) is 23.1. The number of halogens is 3. The molecule has 0 aromatic heterocycles. The van der Waals surface area contributed by atoms with Crippen LogP contribution >= 0.6 is 0 Å². The molecule has 2 atom stereocenters. The van der Waals surface area contributed by atoms with E-state index in [1.807, 2.05) is 6.08 Å². The first-order valence-electron chi connectivity index (χ1n) is 13.1. The molecule has 0 radical (unpaired) electrons. The second kappa shape index (κ2) is 9.50. The molecule has 33 heavy (non-hydrogen) atoms. The van der Waals surface area contributed by atoms with E-state index in [0.29, 0.717) is 30.4 Å².